The van der Waals surface area contributed by atoms with E-state index in [0.717, 1.165) is 22.6 Å². The second-order valence-corrected chi connectivity index (χ2v) is 7.33. The molecule has 0 bridgehead atoms. The lowest BCUT2D eigenvalue weighted by atomic mass is 9.83. The van der Waals surface area contributed by atoms with Gasteiger partial charge in [0.25, 0.3) is 0 Å². The number of aryl methyl sites for hydroxylation is 1. The van der Waals surface area contributed by atoms with Crippen molar-refractivity contribution < 1.29 is 0 Å². The van der Waals surface area contributed by atoms with Gasteiger partial charge in [-0.25, -0.2) is 4.98 Å². The fourth-order valence-corrected chi connectivity index (χ4v) is 2.56. The molecule has 0 radical (unpaired) electrons. The van der Waals surface area contributed by atoms with Crippen LogP contribution in [0.3, 0.4) is 0 Å². The van der Waals surface area contributed by atoms with Gasteiger partial charge in [0.1, 0.15) is 5.82 Å². The number of fused-ring (bicyclic) bond motifs is 1. The van der Waals surface area contributed by atoms with Gasteiger partial charge < -0.3 is 4.98 Å². The van der Waals surface area contributed by atoms with Crippen molar-refractivity contribution in [1.29, 1.82) is 0 Å². The summed E-state index contributed by atoms with van der Waals surface area (Å²) in [5.41, 5.74) is 4.94. The predicted molar refractivity (Wildman–Crippen MR) is 86.4 cm³/mol. The summed E-state index contributed by atoms with van der Waals surface area (Å²) in [7, 11) is 0. The molecule has 2 aromatic rings. The van der Waals surface area contributed by atoms with Crippen molar-refractivity contribution in [3.05, 3.63) is 29.1 Å². The van der Waals surface area contributed by atoms with Gasteiger partial charge in [-0.05, 0) is 35.3 Å². The molecule has 0 amide bonds. The van der Waals surface area contributed by atoms with Crippen LogP contribution in [-0.4, -0.2) is 15.7 Å². The minimum Gasteiger partial charge on any atom is -0.342 e. The lowest BCUT2D eigenvalue weighted by Crippen LogP contribution is -2.20. The molecule has 1 heterocycles. The molecule has 19 heavy (non-hydrogen) atoms. The fourth-order valence-electron chi connectivity index (χ4n) is 2.39. The van der Waals surface area contributed by atoms with Gasteiger partial charge in [0.15, 0.2) is 0 Å². The highest BCUT2D eigenvalue weighted by atomic mass is 32.1. The molecule has 0 atom stereocenters. The molecule has 1 aromatic carbocycles. The number of hydrogen-bond acceptors (Lipinski definition) is 2. The minimum atomic E-state index is 0.0463. The maximum Gasteiger partial charge on any atom is 0.112 e. The van der Waals surface area contributed by atoms with Crippen molar-refractivity contribution >= 4 is 23.7 Å². The van der Waals surface area contributed by atoms with Crippen LogP contribution in [0.2, 0.25) is 0 Å². The Kier molecular flexibility index (Phi) is 3.46. The number of H-pyrrole nitrogens is 1. The van der Waals surface area contributed by atoms with Crippen LogP contribution in [0.4, 0.5) is 0 Å². The quantitative estimate of drug-likeness (QED) is 0.783. The third-order valence-corrected chi connectivity index (χ3v) is 4.53. The number of rotatable bonds is 2. The number of nitrogens with one attached hydrogen (secondary N) is 1. The van der Waals surface area contributed by atoms with Crippen molar-refractivity contribution in [3.8, 4) is 0 Å². The van der Waals surface area contributed by atoms with E-state index in [9.17, 15) is 0 Å². The number of imidazole rings is 1. The Morgan fingerprint density at radius 2 is 1.79 bits per heavy atom. The normalized spacial score (nSPS) is 13.2. The van der Waals surface area contributed by atoms with Gasteiger partial charge in [-0.1, -0.05) is 40.7 Å². The van der Waals surface area contributed by atoms with Gasteiger partial charge in [-0.3, -0.25) is 0 Å². The summed E-state index contributed by atoms with van der Waals surface area (Å²) >= 11 is 4.48. The zero-order valence-electron chi connectivity index (χ0n) is 12.8. The first kappa shape index (κ1) is 14.4. The minimum absolute atomic E-state index is 0.0463. The van der Waals surface area contributed by atoms with Crippen LogP contribution < -0.4 is 0 Å². The van der Waals surface area contributed by atoms with Crippen molar-refractivity contribution in [2.75, 3.05) is 5.75 Å². The van der Waals surface area contributed by atoms with Crippen LogP contribution in [0.15, 0.2) is 12.1 Å². The molecule has 0 aliphatic carbocycles. The average Bonchev–Trinajstić information content (AvgIpc) is 2.73. The van der Waals surface area contributed by atoms with E-state index in [4.69, 9.17) is 4.98 Å². The van der Waals surface area contributed by atoms with E-state index in [1.165, 1.54) is 11.1 Å². The molecule has 0 saturated carbocycles. The molecule has 0 saturated heterocycles. The highest BCUT2D eigenvalue weighted by Crippen LogP contribution is 2.32. The molecule has 0 aliphatic rings. The lowest BCUT2D eigenvalue weighted by molar-refractivity contribution is 0.554. The molecule has 0 aliphatic heterocycles. The molecule has 2 rings (SSSR count). The Balaban J connectivity index is 2.66. The van der Waals surface area contributed by atoms with Crippen LogP contribution in [0.1, 0.15) is 51.6 Å². The Labute approximate surface area is 121 Å². The Morgan fingerprint density at radius 3 is 2.32 bits per heavy atom. The number of hydrogen-bond donors (Lipinski definition) is 2. The van der Waals surface area contributed by atoms with Crippen LogP contribution >= 0.6 is 12.6 Å². The Bertz CT molecular complexity index is 603. The summed E-state index contributed by atoms with van der Waals surface area (Å²) in [6.45, 7) is 13.2. The van der Waals surface area contributed by atoms with Gasteiger partial charge in [-0.2, -0.15) is 12.6 Å². The first-order chi connectivity index (χ1) is 8.66. The van der Waals surface area contributed by atoms with Crippen LogP contribution in [0.25, 0.3) is 11.0 Å². The lowest BCUT2D eigenvalue weighted by Gasteiger charge is -2.24. The predicted octanol–water partition coefficient (Wildman–Crippen LogP) is 4.38. The Morgan fingerprint density at radius 1 is 1.16 bits per heavy atom. The van der Waals surface area contributed by atoms with Gasteiger partial charge in [-0.15, -0.1) is 0 Å². The number of benzene rings is 1. The second-order valence-electron chi connectivity index (χ2n) is 7.01. The highest BCUT2D eigenvalue weighted by molar-refractivity contribution is 7.80. The smallest absolute Gasteiger partial charge is 0.112 e. The molecule has 0 fully saturated rings. The van der Waals surface area contributed by atoms with E-state index in [0.29, 0.717) is 0 Å². The third-order valence-electron chi connectivity index (χ3n) is 3.74. The molecule has 0 unspecified atom stereocenters. The first-order valence-electron chi connectivity index (χ1n) is 6.78. The zero-order chi connectivity index (χ0) is 14.4. The first-order valence-corrected chi connectivity index (χ1v) is 7.41. The molecule has 104 valence electrons. The molecule has 0 spiro atoms. The van der Waals surface area contributed by atoms with E-state index < -0.39 is 0 Å². The summed E-state index contributed by atoms with van der Waals surface area (Å²) in [6, 6.07) is 4.35. The van der Waals surface area contributed by atoms with Crippen LogP contribution in [0, 0.1) is 6.92 Å². The second kappa shape index (κ2) is 4.55. The molecule has 3 heteroatoms. The SMILES string of the molecule is Cc1c(C(C)(C)CS)ccc2[nH]c(C(C)(C)C)nc12. The maximum atomic E-state index is 4.81. The average molecular weight is 276 g/mol. The maximum absolute atomic E-state index is 4.81. The number of thiol groups is 1. The topological polar surface area (TPSA) is 28.7 Å². The van der Waals surface area contributed by atoms with E-state index in [-0.39, 0.29) is 10.8 Å². The van der Waals surface area contributed by atoms with Gasteiger partial charge >= 0.3 is 0 Å². The van der Waals surface area contributed by atoms with E-state index in [1.807, 2.05) is 0 Å². The molecule has 2 nitrogen and oxygen atoms in total. The summed E-state index contributed by atoms with van der Waals surface area (Å²) in [6.07, 6.45) is 0. The third kappa shape index (κ3) is 2.53. The molecular weight excluding hydrogens is 252 g/mol. The largest absolute Gasteiger partial charge is 0.342 e. The Hall–Kier alpha value is -0.960. The summed E-state index contributed by atoms with van der Waals surface area (Å²) in [5, 5.41) is 0. The van der Waals surface area contributed by atoms with E-state index in [2.05, 4.69) is 71.3 Å². The fraction of sp³-hybridized carbons (Fsp3) is 0.562. The highest BCUT2D eigenvalue weighted by Gasteiger charge is 2.24. The number of nitrogens with zero attached hydrogens (tertiary/aromatic N) is 1. The van der Waals surface area contributed by atoms with Crippen LogP contribution in [0.5, 0.6) is 0 Å². The summed E-state index contributed by atoms with van der Waals surface area (Å²) in [4.78, 5) is 8.25. The van der Waals surface area contributed by atoms with E-state index in [1.54, 1.807) is 0 Å². The van der Waals surface area contributed by atoms with Crippen molar-refractivity contribution in [2.45, 2.75) is 52.4 Å². The molecular formula is C16H24N2S. The number of aromatic amines is 1. The zero-order valence-corrected chi connectivity index (χ0v) is 13.7. The summed E-state index contributed by atoms with van der Waals surface area (Å²) < 4.78 is 0. The summed E-state index contributed by atoms with van der Waals surface area (Å²) in [5.74, 6) is 1.88. The molecule has 1 aromatic heterocycles. The van der Waals surface area contributed by atoms with Crippen LogP contribution in [-0.2, 0) is 10.8 Å². The van der Waals surface area contributed by atoms with Crippen molar-refractivity contribution in [1.82, 2.24) is 9.97 Å². The van der Waals surface area contributed by atoms with Crippen molar-refractivity contribution in [3.63, 3.8) is 0 Å². The van der Waals surface area contributed by atoms with Crippen molar-refractivity contribution in [2.24, 2.45) is 0 Å². The standard InChI is InChI=1S/C16H24N2S/c1-10-11(16(5,6)9-19)7-8-12-13(10)18-14(17-12)15(2,3)4/h7-8,19H,9H2,1-6H3,(H,17,18). The van der Waals surface area contributed by atoms with E-state index >= 15 is 0 Å². The molecule has 1 N–H and O–H groups in total. The number of aromatic nitrogens is 2. The van der Waals surface area contributed by atoms with Gasteiger partial charge in [0, 0.05) is 5.41 Å². The monoisotopic (exact) mass is 276 g/mol. The van der Waals surface area contributed by atoms with Gasteiger partial charge in [0.2, 0.25) is 0 Å². The van der Waals surface area contributed by atoms with Gasteiger partial charge in [0.05, 0.1) is 11.0 Å².